The lowest BCUT2D eigenvalue weighted by molar-refractivity contribution is -0.125. The highest BCUT2D eigenvalue weighted by Crippen LogP contribution is 2.19. The van der Waals surface area contributed by atoms with Crippen molar-refractivity contribution in [3.05, 3.63) is 16.4 Å². The van der Waals surface area contributed by atoms with Gasteiger partial charge in [-0.25, -0.2) is 0 Å². The van der Waals surface area contributed by atoms with Crippen molar-refractivity contribution in [2.24, 2.45) is 5.92 Å². The largest absolute Gasteiger partial charge is 0.385 e. The van der Waals surface area contributed by atoms with E-state index in [0.29, 0.717) is 24.7 Å². The molecule has 0 aliphatic rings. The SMILES string of the molecule is COCCCNC(=O)C(C)Cn1nc(C)c(Cl)c1C. The topological polar surface area (TPSA) is 56.1 Å². The van der Waals surface area contributed by atoms with Crippen LogP contribution in [0.1, 0.15) is 24.7 Å². The summed E-state index contributed by atoms with van der Waals surface area (Å²) in [5.74, 6) is -0.114. The molecule has 5 nitrogen and oxygen atoms in total. The minimum absolute atomic E-state index is 0.0276. The fourth-order valence-corrected chi connectivity index (χ4v) is 1.93. The van der Waals surface area contributed by atoms with Crippen LogP contribution in [0.25, 0.3) is 0 Å². The highest BCUT2D eigenvalue weighted by molar-refractivity contribution is 6.31. The predicted molar refractivity (Wildman–Crippen MR) is 75.4 cm³/mol. The van der Waals surface area contributed by atoms with Crippen molar-refractivity contribution >= 4 is 17.5 Å². The average Bonchev–Trinajstić information content (AvgIpc) is 2.62. The fourth-order valence-electron chi connectivity index (χ4n) is 1.80. The van der Waals surface area contributed by atoms with Gasteiger partial charge >= 0.3 is 0 Å². The van der Waals surface area contributed by atoms with E-state index in [9.17, 15) is 4.79 Å². The summed E-state index contributed by atoms with van der Waals surface area (Å²) in [7, 11) is 1.65. The summed E-state index contributed by atoms with van der Waals surface area (Å²) < 4.78 is 6.72. The van der Waals surface area contributed by atoms with Crippen molar-refractivity contribution in [3.8, 4) is 0 Å². The van der Waals surface area contributed by atoms with Gasteiger partial charge in [-0.1, -0.05) is 18.5 Å². The molecule has 0 aliphatic carbocycles. The third kappa shape index (κ3) is 4.51. The number of carbonyl (C=O) groups is 1. The molecule has 1 amide bonds. The van der Waals surface area contributed by atoms with E-state index < -0.39 is 0 Å². The summed E-state index contributed by atoms with van der Waals surface area (Å²) >= 11 is 6.08. The number of carbonyl (C=O) groups excluding carboxylic acids is 1. The van der Waals surface area contributed by atoms with Crippen LogP contribution < -0.4 is 5.32 Å². The Morgan fingerprint density at radius 3 is 2.74 bits per heavy atom. The van der Waals surface area contributed by atoms with Crippen LogP contribution in [0.3, 0.4) is 0 Å². The van der Waals surface area contributed by atoms with Crippen LogP contribution in [-0.4, -0.2) is 35.9 Å². The maximum atomic E-state index is 11.9. The molecule has 0 fully saturated rings. The summed E-state index contributed by atoms with van der Waals surface area (Å²) in [5, 5.41) is 7.89. The van der Waals surface area contributed by atoms with E-state index in [4.69, 9.17) is 16.3 Å². The molecule has 6 heteroatoms. The number of nitrogens with one attached hydrogen (secondary N) is 1. The van der Waals surface area contributed by atoms with Crippen LogP contribution in [0.4, 0.5) is 0 Å². The molecule has 0 saturated heterocycles. The Morgan fingerprint density at radius 2 is 2.21 bits per heavy atom. The minimum Gasteiger partial charge on any atom is -0.385 e. The van der Waals surface area contributed by atoms with E-state index in [1.165, 1.54) is 0 Å². The number of methoxy groups -OCH3 is 1. The van der Waals surface area contributed by atoms with Gasteiger partial charge in [0, 0.05) is 20.3 Å². The Labute approximate surface area is 119 Å². The number of hydrogen-bond donors (Lipinski definition) is 1. The molecule has 1 heterocycles. The Morgan fingerprint density at radius 1 is 1.53 bits per heavy atom. The van der Waals surface area contributed by atoms with Crippen molar-refractivity contribution in [1.29, 1.82) is 0 Å². The highest BCUT2D eigenvalue weighted by Gasteiger charge is 2.16. The summed E-state index contributed by atoms with van der Waals surface area (Å²) in [4.78, 5) is 11.9. The summed E-state index contributed by atoms with van der Waals surface area (Å²) in [6.07, 6.45) is 0.820. The maximum absolute atomic E-state index is 11.9. The van der Waals surface area contributed by atoms with E-state index in [2.05, 4.69) is 10.4 Å². The van der Waals surface area contributed by atoms with Gasteiger partial charge in [0.05, 0.1) is 28.9 Å². The molecule has 0 spiro atoms. The van der Waals surface area contributed by atoms with E-state index in [1.807, 2.05) is 20.8 Å². The molecule has 0 aliphatic heterocycles. The standard InChI is InChI=1S/C13H22ClN3O2/c1-9(13(18)15-6-5-7-19-4)8-17-11(3)12(14)10(2)16-17/h9H,5-8H2,1-4H3,(H,15,18). The van der Waals surface area contributed by atoms with Crippen LogP contribution in [0.15, 0.2) is 0 Å². The fraction of sp³-hybridized carbons (Fsp3) is 0.692. The van der Waals surface area contributed by atoms with Crippen molar-refractivity contribution < 1.29 is 9.53 Å². The molecular formula is C13H22ClN3O2. The van der Waals surface area contributed by atoms with E-state index in [1.54, 1.807) is 11.8 Å². The van der Waals surface area contributed by atoms with Crippen molar-refractivity contribution in [1.82, 2.24) is 15.1 Å². The molecule has 19 heavy (non-hydrogen) atoms. The molecule has 0 radical (unpaired) electrons. The van der Waals surface area contributed by atoms with Crippen LogP contribution in [0, 0.1) is 19.8 Å². The first-order chi connectivity index (χ1) is 8.97. The second-order valence-electron chi connectivity index (χ2n) is 4.71. The minimum atomic E-state index is -0.142. The summed E-state index contributed by atoms with van der Waals surface area (Å²) in [6, 6.07) is 0. The lowest BCUT2D eigenvalue weighted by Crippen LogP contribution is -2.33. The van der Waals surface area contributed by atoms with Crippen molar-refractivity contribution in [3.63, 3.8) is 0 Å². The monoisotopic (exact) mass is 287 g/mol. The van der Waals surface area contributed by atoms with Gasteiger partial charge in [-0.15, -0.1) is 0 Å². The van der Waals surface area contributed by atoms with Gasteiger partial charge in [-0.05, 0) is 20.3 Å². The lowest BCUT2D eigenvalue weighted by Gasteiger charge is -2.13. The second-order valence-corrected chi connectivity index (χ2v) is 5.08. The molecule has 1 aromatic rings. The molecule has 1 aromatic heterocycles. The number of ether oxygens (including phenoxy) is 1. The quantitative estimate of drug-likeness (QED) is 0.780. The Hall–Kier alpha value is -1.07. The van der Waals surface area contributed by atoms with E-state index in [-0.39, 0.29) is 11.8 Å². The normalized spacial score (nSPS) is 12.5. The highest BCUT2D eigenvalue weighted by atomic mass is 35.5. The summed E-state index contributed by atoms with van der Waals surface area (Å²) in [5.41, 5.74) is 1.70. The second kappa shape index (κ2) is 7.50. The number of amides is 1. The zero-order chi connectivity index (χ0) is 14.4. The van der Waals surface area contributed by atoms with Gasteiger partial charge < -0.3 is 10.1 Å². The van der Waals surface area contributed by atoms with Gasteiger partial charge in [0.1, 0.15) is 0 Å². The molecule has 1 N–H and O–H groups in total. The molecule has 0 saturated carbocycles. The number of aryl methyl sites for hydroxylation is 1. The number of rotatable bonds is 7. The van der Waals surface area contributed by atoms with Crippen LogP contribution in [0.2, 0.25) is 5.02 Å². The van der Waals surface area contributed by atoms with Crippen LogP contribution >= 0.6 is 11.6 Å². The molecule has 1 unspecified atom stereocenters. The molecule has 1 rings (SSSR count). The molecular weight excluding hydrogens is 266 g/mol. The van der Waals surface area contributed by atoms with Gasteiger partial charge in [-0.2, -0.15) is 5.10 Å². The van der Waals surface area contributed by atoms with E-state index in [0.717, 1.165) is 17.8 Å². The summed E-state index contributed by atoms with van der Waals surface area (Å²) in [6.45, 7) is 7.48. The molecule has 0 bridgehead atoms. The zero-order valence-corrected chi connectivity index (χ0v) is 12.8. The van der Waals surface area contributed by atoms with E-state index >= 15 is 0 Å². The van der Waals surface area contributed by atoms with Gasteiger partial charge in [0.25, 0.3) is 0 Å². The predicted octanol–water partition coefficient (Wildman–Crippen LogP) is 1.94. The maximum Gasteiger partial charge on any atom is 0.224 e. The number of hydrogen-bond acceptors (Lipinski definition) is 3. The smallest absolute Gasteiger partial charge is 0.224 e. The first-order valence-electron chi connectivity index (χ1n) is 6.43. The lowest BCUT2D eigenvalue weighted by atomic mass is 10.1. The Balaban J connectivity index is 2.47. The third-order valence-corrected chi connectivity index (χ3v) is 3.56. The number of nitrogens with zero attached hydrogens (tertiary/aromatic N) is 2. The third-order valence-electron chi connectivity index (χ3n) is 3.01. The van der Waals surface area contributed by atoms with Crippen molar-refractivity contribution in [2.75, 3.05) is 20.3 Å². The number of halogens is 1. The van der Waals surface area contributed by atoms with Gasteiger partial charge in [0.15, 0.2) is 0 Å². The average molecular weight is 288 g/mol. The molecule has 108 valence electrons. The van der Waals surface area contributed by atoms with Gasteiger partial charge in [0.2, 0.25) is 5.91 Å². The Bertz CT molecular complexity index is 432. The first kappa shape index (κ1) is 16.0. The number of aromatic nitrogens is 2. The zero-order valence-electron chi connectivity index (χ0n) is 12.0. The van der Waals surface area contributed by atoms with Crippen LogP contribution in [0.5, 0.6) is 0 Å². The molecule has 0 aromatic carbocycles. The molecule has 1 atom stereocenters. The van der Waals surface area contributed by atoms with Gasteiger partial charge in [-0.3, -0.25) is 9.48 Å². The van der Waals surface area contributed by atoms with Crippen molar-refractivity contribution in [2.45, 2.75) is 33.7 Å². The Kier molecular flexibility index (Phi) is 6.31. The first-order valence-corrected chi connectivity index (χ1v) is 6.81. The van der Waals surface area contributed by atoms with Crippen LogP contribution in [-0.2, 0) is 16.1 Å².